The summed E-state index contributed by atoms with van der Waals surface area (Å²) in [6, 6.07) is 25.2. The number of carbonyl (C=O) groups is 1. The number of hydrogen-bond acceptors (Lipinski definition) is 3. The Hall–Kier alpha value is -2.76. The van der Waals surface area contributed by atoms with E-state index >= 15 is 0 Å². The number of sulfonamides is 1. The lowest BCUT2D eigenvalue weighted by Gasteiger charge is -2.06. The Kier molecular flexibility index (Phi) is 4.18. The predicted molar refractivity (Wildman–Crippen MR) is 99.2 cm³/mol. The molecule has 0 saturated carbocycles. The van der Waals surface area contributed by atoms with Gasteiger partial charge in [-0.3, -0.25) is 4.79 Å². The molecular formula is C21H17NO3S. The molecule has 1 aliphatic rings. The van der Waals surface area contributed by atoms with Gasteiger partial charge in [0, 0.05) is 5.56 Å². The average molecular weight is 363 g/mol. The maximum absolute atomic E-state index is 13.1. The molecule has 1 unspecified atom stereocenters. The van der Waals surface area contributed by atoms with Gasteiger partial charge >= 0.3 is 0 Å². The second-order valence-electron chi connectivity index (χ2n) is 6.18. The second-order valence-corrected chi connectivity index (χ2v) is 8.02. The summed E-state index contributed by atoms with van der Waals surface area (Å²) in [5.74, 6) is -0.182. The fraction of sp³-hybridized carbons (Fsp3) is 0.0952. The van der Waals surface area contributed by atoms with Crippen LogP contribution >= 0.6 is 0 Å². The van der Waals surface area contributed by atoms with Crippen LogP contribution in [0.4, 0.5) is 0 Å². The summed E-state index contributed by atoms with van der Waals surface area (Å²) >= 11 is 0. The van der Waals surface area contributed by atoms with Crippen LogP contribution in [0.15, 0.2) is 95.9 Å². The molecule has 1 saturated heterocycles. The molecule has 0 spiro atoms. The van der Waals surface area contributed by atoms with Gasteiger partial charge in [-0.25, -0.2) is 8.42 Å². The first kappa shape index (κ1) is 16.7. The van der Waals surface area contributed by atoms with Crippen LogP contribution in [0, 0.1) is 0 Å². The van der Waals surface area contributed by atoms with Crippen molar-refractivity contribution in [2.24, 2.45) is 0 Å². The van der Waals surface area contributed by atoms with E-state index in [1.165, 1.54) is 4.31 Å². The summed E-state index contributed by atoms with van der Waals surface area (Å²) in [4.78, 5) is 13.2. The van der Waals surface area contributed by atoms with Gasteiger partial charge in [0.05, 0.1) is 10.9 Å². The molecule has 0 aliphatic carbocycles. The van der Waals surface area contributed by atoms with Crippen molar-refractivity contribution in [2.45, 2.75) is 17.0 Å². The molecule has 0 N–H and O–H groups in total. The molecule has 0 amide bonds. The first-order valence-corrected chi connectivity index (χ1v) is 9.77. The monoisotopic (exact) mass is 363 g/mol. The van der Waals surface area contributed by atoms with Gasteiger partial charge in [0.2, 0.25) is 10.0 Å². The minimum Gasteiger partial charge on any atom is -0.292 e. The van der Waals surface area contributed by atoms with Crippen LogP contribution in [0.25, 0.3) is 0 Å². The quantitative estimate of drug-likeness (QED) is 0.513. The van der Waals surface area contributed by atoms with Crippen LogP contribution < -0.4 is 0 Å². The van der Waals surface area contributed by atoms with Gasteiger partial charge in [0.25, 0.3) is 0 Å². The lowest BCUT2D eigenvalue weighted by Crippen LogP contribution is -2.19. The molecule has 1 heterocycles. The summed E-state index contributed by atoms with van der Waals surface area (Å²) in [6.07, 6.45) is 0. The number of hydrogen-bond donors (Lipinski definition) is 0. The SMILES string of the molecule is O=C(c1ccccc1)[C@H]1[C@H](c2ccccc2)N1S(=O)(=O)c1ccccc1. The summed E-state index contributed by atoms with van der Waals surface area (Å²) in [6.45, 7) is 0. The normalized spacial score (nSPS) is 21.9. The summed E-state index contributed by atoms with van der Waals surface area (Å²) < 4.78 is 27.5. The number of benzene rings is 3. The Morgan fingerprint density at radius 1 is 0.731 bits per heavy atom. The van der Waals surface area contributed by atoms with Gasteiger partial charge in [0.15, 0.2) is 5.78 Å². The number of nitrogens with zero attached hydrogens (tertiary/aromatic N) is 1. The molecule has 0 aromatic heterocycles. The zero-order valence-electron chi connectivity index (χ0n) is 13.9. The number of ketones is 1. The van der Waals surface area contributed by atoms with Gasteiger partial charge in [0.1, 0.15) is 6.04 Å². The fourth-order valence-corrected chi connectivity index (χ4v) is 4.97. The molecule has 0 radical (unpaired) electrons. The van der Waals surface area contributed by atoms with Crippen LogP contribution in [0.2, 0.25) is 0 Å². The van der Waals surface area contributed by atoms with E-state index in [9.17, 15) is 13.2 Å². The highest BCUT2D eigenvalue weighted by Gasteiger charge is 2.60. The first-order valence-electron chi connectivity index (χ1n) is 8.33. The van der Waals surface area contributed by atoms with Crippen LogP contribution in [-0.2, 0) is 10.0 Å². The highest BCUT2D eigenvalue weighted by molar-refractivity contribution is 7.89. The molecule has 3 atom stereocenters. The highest BCUT2D eigenvalue weighted by atomic mass is 32.2. The van der Waals surface area contributed by atoms with Crippen LogP contribution in [0.1, 0.15) is 22.0 Å². The summed E-state index contributed by atoms with van der Waals surface area (Å²) in [5.41, 5.74) is 1.34. The van der Waals surface area contributed by atoms with E-state index in [-0.39, 0.29) is 10.7 Å². The highest BCUT2D eigenvalue weighted by Crippen LogP contribution is 2.48. The van der Waals surface area contributed by atoms with Crippen molar-refractivity contribution >= 4 is 15.8 Å². The van der Waals surface area contributed by atoms with Crippen LogP contribution in [0.5, 0.6) is 0 Å². The smallest absolute Gasteiger partial charge is 0.244 e. The lowest BCUT2D eigenvalue weighted by molar-refractivity contribution is 0.0981. The third-order valence-electron chi connectivity index (χ3n) is 4.54. The van der Waals surface area contributed by atoms with Crippen molar-refractivity contribution < 1.29 is 13.2 Å². The van der Waals surface area contributed by atoms with Crippen LogP contribution in [-0.4, -0.2) is 24.5 Å². The number of carbonyl (C=O) groups excluding carboxylic acids is 1. The molecule has 3 aromatic rings. The van der Waals surface area contributed by atoms with E-state index in [1.54, 1.807) is 54.6 Å². The molecule has 3 aromatic carbocycles. The predicted octanol–water partition coefficient (Wildman–Crippen LogP) is 3.68. The summed E-state index contributed by atoms with van der Waals surface area (Å²) in [7, 11) is -3.75. The van der Waals surface area contributed by atoms with Gasteiger partial charge < -0.3 is 0 Å². The minimum atomic E-state index is -3.75. The Morgan fingerprint density at radius 2 is 1.23 bits per heavy atom. The van der Waals surface area contributed by atoms with E-state index in [0.717, 1.165) is 5.56 Å². The number of rotatable bonds is 5. The Bertz CT molecular complexity index is 1020. The molecule has 0 bridgehead atoms. The van der Waals surface area contributed by atoms with Crippen molar-refractivity contribution in [3.8, 4) is 0 Å². The molecule has 26 heavy (non-hydrogen) atoms. The molecule has 130 valence electrons. The molecule has 4 rings (SSSR count). The topological polar surface area (TPSA) is 54.2 Å². The van der Waals surface area contributed by atoms with Gasteiger partial charge in [-0.15, -0.1) is 0 Å². The third kappa shape index (κ3) is 2.85. The first-order chi connectivity index (χ1) is 12.6. The Morgan fingerprint density at radius 3 is 1.81 bits per heavy atom. The maximum atomic E-state index is 13.1. The molecule has 1 fully saturated rings. The zero-order valence-corrected chi connectivity index (χ0v) is 14.7. The van der Waals surface area contributed by atoms with Gasteiger partial charge in [-0.05, 0) is 17.7 Å². The average Bonchev–Trinajstić information content (AvgIpc) is 3.46. The van der Waals surface area contributed by atoms with Crippen molar-refractivity contribution in [1.29, 1.82) is 0 Å². The number of Topliss-reactive ketones (excluding diaryl/α,β-unsaturated/α-hetero) is 1. The molecular weight excluding hydrogens is 346 g/mol. The second kappa shape index (κ2) is 6.52. The maximum Gasteiger partial charge on any atom is 0.244 e. The Balaban J connectivity index is 1.75. The van der Waals surface area contributed by atoms with Crippen LogP contribution in [0.3, 0.4) is 0 Å². The zero-order chi connectivity index (χ0) is 18.1. The lowest BCUT2D eigenvalue weighted by atomic mass is 10.0. The van der Waals surface area contributed by atoms with E-state index in [2.05, 4.69) is 0 Å². The molecule has 4 nitrogen and oxygen atoms in total. The fourth-order valence-electron chi connectivity index (χ4n) is 3.24. The summed E-state index contributed by atoms with van der Waals surface area (Å²) in [5, 5.41) is 0. The van der Waals surface area contributed by atoms with E-state index in [0.29, 0.717) is 5.56 Å². The van der Waals surface area contributed by atoms with Crippen molar-refractivity contribution in [1.82, 2.24) is 4.31 Å². The van der Waals surface area contributed by atoms with Crippen molar-refractivity contribution in [2.75, 3.05) is 0 Å². The van der Waals surface area contributed by atoms with Gasteiger partial charge in [-0.1, -0.05) is 78.9 Å². The van der Waals surface area contributed by atoms with E-state index in [4.69, 9.17) is 0 Å². The van der Waals surface area contributed by atoms with E-state index < -0.39 is 22.1 Å². The van der Waals surface area contributed by atoms with Gasteiger partial charge in [-0.2, -0.15) is 4.31 Å². The third-order valence-corrected chi connectivity index (χ3v) is 6.42. The Labute approximate surface area is 152 Å². The van der Waals surface area contributed by atoms with Crippen molar-refractivity contribution in [3.05, 3.63) is 102 Å². The molecule has 1 aliphatic heterocycles. The minimum absolute atomic E-state index is 0.182. The van der Waals surface area contributed by atoms with E-state index in [1.807, 2.05) is 36.4 Å². The molecule has 5 heteroatoms. The standard InChI is InChI=1S/C21H17NO3S/c23-21(17-12-6-2-7-13-17)20-19(16-10-4-1-5-11-16)22(20)26(24,25)18-14-8-3-9-15-18/h1-15,19-20H/t19-,20+,22?/m0/s1. The van der Waals surface area contributed by atoms with Crippen molar-refractivity contribution in [3.63, 3.8) is 0 Å². The largest absolute Gasteiger partial charge is 0.292 e.